The number of halogens is 4. The summed E-state index contributed by atoms with van der Waals surface area (Å²) < 4.78 is 56.7. The zero-order valence-electron chi connectivity index (χ0n) is 12.1. The number of alkyl halides is 3. The quantitative estimate of drug-likeness (QED) is 0.821. The third kappa shape index (κ3) is 4.91. The molecule has 0 spiro atoms. The summed E-state index contributed by atoms with van der Waals surface area (Å²) in [6, 6.07) is 1.97. The van der Waals surface area contributed by atoms with E-state index in [1.807, 2.05) is 0 Å². The van der Waals surface area contributed by atoms with Gasteiger partial charge >= 0.3 is 12.3 Å². The summed E-state index contributed by atoms with van der Waals surface area (Å²) in [4.78, 5) is 11.6. The van der Waals surface area contributed by atoms with Crippen molar-refractivity contribution >= 4 is 6.09 Å². The topological polar surface area (TPSA) is 38.3 Å². The van der Waals surface area contributed by atoms with Gasteiger partial charge < -0.3 is 10.1 Å². The fourth-order valence-corrected chi connectivity index (χ4v) is 1.67. The number of alkyl carbamates (subject to hydrolysis) is 1. The van der Waals surface area contributed by atoms with Crippen LogP contribution in [0.15, 0.2) is 18.2 Å². The Morgan fingerprint density at radius 3 is 2.29 bits per heavy atom. The molecule has 3 nitrogen and oxygen atoms in total. The molecular formula is C14H17F4NO2. The summed E-state index contributed by atoms with van der Waals surface area (Å²) in [6.07, 6.45) is -5.61. The number of benzene rings is 1. The van der Waals surface area contributed by atoms with Crippen LogP contribution in [0.2, 0.25) is 0 Å². The van der Waals surface area contributed by atoms with Gasteiger partial charge in [-0.2, -0.15) is 13.2 Å². The van der Waals surface area contributed by atoms with Gasteiger partial charge in [-0.3, -0.25) is 0 Å². The summed E-state index contributed by atoms with van der Waals surface area (Å²) in [5, 5.41) is 2.30. The predicted molar refractivity (Wildman–Crippen MR) is 69.2 cm³/mol. The first kappa shape index (κ1) is 17.3. The van der Waals surface area contributed by atoms with E-state index in [4.69, 9.17) is 4.74 Å². The van der Waals surface area contributed by atoms with Crippen molar-refractivity contribution in [3.63, 3.8) is 0 Å². The highest BCUT2D eigenvalue weighted by Gasteiger charge is 2.35. The number of carbonyl (C=O) groups excluding carboxylic acids is 1. The number of ether oxygens (including phenoxy) is 1. The first-order chi connectivity index (χ1) is 9.42. The maximum absolute atomic E-state index is 13.9. The summed E-state index contributed by atoms with van der Waals surface area (Å²) in [5.74, 6) is -1.39. The number of amides is 1. The lowest BCUT2D eigenvalue weighted by atomic mass is 10.0. The number of carbonyl (C=O) groups is 1. The minimum Gasteiger partial charge on any atom is -0.444 e. The van der Waals surface area contributed by atoms with Crippen molar-refractivity contribution in [3.05, 3.63) is 35.1 Å². The van der Waals surface area contributed by atoms with Gasteiger partial charge in [0.15, 0.2) is 0 Å². The number of rotatable bonds is 2. The maximum atomic E-state index is 13.9. The highest BCUT2D eigenvalue weighted by atomic mass is 19.4. The highest BCUT2D eigenvalue weighted by Crippen LogP contribution is 2.33. The summed E-state index contributed by atoms with van der Waals surface area (Å²) >= 11 is 0. The summed E-state index contributed by atoms with van der Waals surface area (Å²) in [7, 11) is 0. The van der Waals surface area contributed by atoms with E-state index < -0.39 is 35.3 Å². The standard InChI is InChI=1S/C14H17F4NO2/c1-8(19-12(20)21-13(2,3)4)9-6-5-7-10(11(9)15)14(16,17)18/h5-8H,1-4H3,(H,19,20)/t8-/m1/s1. The Hall–Kier alpha value is -1.79. The zero-order valence-corrected chi connectivity index (χ0v) is 12.1. The first-order valence-electron chi connectivity index (χ1n) is 6.27. The van der Waals surface area contributed by atoms with Crippen LogP contribution >= 0.6 is 0 Å². The second-order valence-electron chi connectivity index (χ2n) is 5.57. The van der Waals surface area contributed by atoms with Gasteiger partial charge in [0.2, 0.25) is 0 Å². The molecule has 1 N–H and O–H groups in total. The molecule has 1 aromatic rings. The molecule has 21 heavy (non-hydrogen) atoms. The smallest absolute Gasteiger partial charge is 0.419 e. The van der Waals surface area contributed by atoms with Crippen molar-refractivity contribution in [2.24, 2.45) is 0 Å². The molecule has 0 unspecified atom stereocenters. The summed E-state index contributed by atoms with van der Waals surface area (Å²) in [5.41, 5.74) is -2.37. The zero-order chi connectivity index (χ0) is 16.4. The van der Waals surface area contributed by atoms with Gasteiger partial charge in [-0.1, -0.05) is 12.1 Å². The van der Waals surface area contributed by atoms with Crippen LogP contribution < -0.4 is 5.32 Å². The van der Waals surface area contributed by atoms with E-state index in [-0.39, 0.29) is 5.56 Å². The fourth-order valence-electron chi connectivity index (χ4n) is 1.67. The van der Waals surface area contributed by atoms with Gasteiger partial charge in [0.05, 0.1) is 11.6 Å². The van der Waals surface area contributed by atoms with Crippen LogP contribution in [0.25, 0.3) is 0 Å². The van der Waals surface area contributed by atoms with Crippen molar-refractivity contribution in [1.82, 2.24) is 5.32 Å². The van der Waals surface area contributed by atoms with Gasteiger partial charge in [0.25, 0.3) is 0 Å². The molecule has 0 heterocycles. The number of hydrogen-bond donors (Lipinski definition) is 1. The van der Waals surface area contributed by atoms with Crippen molar-refractivity contribution in [2.75, 3.05) is 0 Å². The highest BCUT2D eigenvalue weighted by molar-refractivity contribution is 5.68. The van der Waals surface area contributed by atoms with Crippen molar-refractivity contribution in [1.29, 1.82) is 0 Å². The molecular weight excluding hydrogens is 290 g/mol. The Kier molecular flexibility index (Phi) is 4.86. The lowest BCUT2D eigenvalue weighted by Gasteiger charge is -2.22. The van der Waals surface area contributed by atoms with Crippen LogP contribution in [0.5, 0.6) is 0 Å². The molecule has 118 valence electrons. The minimum absolute atomic E-state index is 0.254. The Morgan fingerprint density at radius 1 is 1.24 bits per heavy atom. The first-order valence-corrected chi connectivity index (χ1v) is 6.27. The van der Waals surface area contributed by atoms with Crippen molar-refractivity contribution in [3.8, 4) is 0 Å². The number of nitrogens with one attached hydrogen (secondary N) is 1. The molecule has 0 aliphatic carbocycles. The fraction of sp³-hybridized carbons (Fsp3) is 0.500. The monoisotopic (exact) mass is 307 g/mol. The lowest BCUT2D eigenvalue weighted by molar-refractivity contribution is -0.140. The normalized spacial score (nSPS) is 13.7. The van der Waals surface area contributed by atoms with E-state index in [2.05, 4.69) is 5.32 Å². The average Bonchev–Trinajstić information content (AvgIpc) is 2.24. The second kappa shape index (κ2) is 5.91. The molecule has 7 heteroatoms. The molecule has 0 fully saturated rings. The van der Waals surface area contributed by atoms with Crippen molar-refractivity contribution < 1.29 is 27.1 Å². The van der Waals surface area contributed by atoms with Crippen LogP contribution in [0.3, 0.4) is 0 Å². The molecule has 0 aromatic heterocycles. The van der Waals surface area contributed by atoms with Gasteiger partial charge in [-0.15, -0.1) is 0 Å². The third-order valence-electron chi connectivity index (χ3n) is 2.53. The molecule has 0 aliphatic heterocycles. The van der Waals surface area contributed by atoms with E-state index in [1.165, 1.54) is 13.0 Å². The van der Waals surface area contributed by atoms with Crippen LogP contribution in [0.4, 0.5) is 22.4 Å². The Morgan fingerprint density at radius 2 is 1.81 bits per heavy atom. The van der Waals surface area contributed by atoms with E-state index in [0.717, 1.165) is 6.07 Å². The average molecular weight is 307 g/mol. The van der Waals surface area contributed by atoms with Crippen LogP contribution in [0.1, 0.15) is 44.9 Å². The molecule has 0 aliphatic rings. The maximum Gasteiger partial charge on any atom is 0.419 e. The SMILES string of the molecule is C[C@@H](NC(=O)OC(C)(C)C)c1cccc(C(F)(F)F)c1F. The second-order valence-corrected chi connectivity index (χ2v) is 5.57. The van der Waals surface area contributed by atoms with Crippen molar-refractivity contribution in [2.45, 2.75) is 45.5 Å². The van der Waals surface area contributed by atoms with Crippen LogP contribution in [-0.4, -0.2) is 11.7 Å². The predicted octanol–water partition coefficient (Wildman–Crippen LogP) is 4.43. The van der Waals surface area contributed by atoms with Gasteiger partial charge in [-0.05, 0) is 33.8 Å². The molecule has 1 amide bonds. The van der Waals surface area contributed by atoms with Gasteiger partial charge in [0, 0.05) is 5.56 Å². The van der Waals surface area contributed by atoms with Gasteiger partial charge in [0.1, 0.15) is 11.4 Å². The third-order valence-corrected chi connectivity index (χ3v) is 2.53. The van der Waals surface area contributed by atoms with Crippen LogP contribution in [0, 0.1) is 5.82 Å². The molecule has 0 saturated carbocycles. The van der Waals surface area contributed by atoms with Crippen LogP contribution in [-0.2, 0) is 10.9 Å². The summed E-state index contributed by atoms with van der Waals surface area (Å²) in [6.45, 7) is 6.30. The van der Waals surface area contributed by atoms with E-state index >= 15 is 0 Å². The largest absolute Gasteiger partial charge is 0.444 e. The number of hydrogen-bond acceptors (Lipinski definition) is 2. The Bertz CT molecular complexity index is 521. The Labute approximate surface area is 120 Å². The van der Waals surface area contributed by atoms with Gasteiger partial charge in [-0.25, -0.2) is 9.18 Å². The van der Waals surface area contributed by atoms with E-state index in [0.29, 0.717) is 6.07 Å². The molecule has 0 bridgehead atoms. The van der Waals surface area contributed by atoms with E-state index in [9.17, 15) is 22.4 Å². The molecule has 1 atom stereocenters. The molecule has 0 saturated heterocycles. The lowest BCUT2D eigenvalue weighted by Crippen LogP contribution is -2.34. The molecule has 1 rings (SSSR count). The Balaban J connectivity index is 2.94. The molecule has 0 radical (unpaired) electrons. The molecule has 1 aromatic carbocycles. The minimum atomic E-state index is -4.79. The van der Waals surface area contributed by atoms with E-state index in [1.54, 1.807) is 20.8 Å².